The molecule has 2 aromatic rings. The number of halogens is 2. The van der Waals surface area contributed by atoms with Gasteiger partial charge in [-0.3, -0.25) is 0 Å². The Bertz CT molecular complexity index is 703. The smallest absolute Gasteiger partial charge is 0.118 e. The normalized spacial score (nSPS) is 10.9. The number of hydrogen-bond acceptors (Lipinski definition) is 3. The Morgan fingerprint density at radius 2 is 1.90 bits per heavy atom. The van der Waals surface area contributed by atoms with Crippen molar-refractivity contribution < 1.29 is 4.74 Å². The van der Waals surface area contributed by atoms with E-state index >= 15 is 0 Å². The van der Waals surface area contributed by atoms with Crippen LogP contribution in [0.3, 0.4) is 0 Å². The fourth-order valence-electron chi connectivity index (χ4n) is 1.71. The van der Waals surface area contributed by atoms with Crippen LogP contribution in [0.25, 0.3) is 6.08 Å². The lowest BCUT2D eigenvalue weighted by Crippen LogP contribution is -1.98. The number of ether oxygens (including phenoxy) is 1. The van der Waals surface area contributed by atoms with Gasteiger partial charge >= 0.3 is 0 Å². The molecule has 0 amide bonds. The molecular formula is C16H12Cl2N2O. The van der Waals surface area contributed by atoms with E-state index in [1.54, 1.807) is 31.4 Å². The van der Waals surface area contributed by atoms with Gasteiger partial charge in [0.1, 0.15) is 17.5 Å². The molecule has 2 aromatic carbocycles. The van der Waals surface area contributed by atoms with Crippen molar-refractivity contribution in [2.24, 2.45) is 0 Å². The Morgan fingerprint density at radius 3 is 2.52 bits per heavy atom. The van der Waals surface area contributed by atoms with Crippen LogP contribution in [0, 0.1) is 11.3 Å². The first-order chi connectivity index (χ1) is 10.1. The minimum absolute atomic E-state index is 0.365. The summed E-state index contributed by atoms with van der Waals surface area (Å²) in [5.74, 6) is 0.761. The number of anilines is 1. The van der Waals surface area contributed by atoms with Crippen molar-refractivity contribution in [1.82, 2.24) is 0 Å². The van der Waals surface area contributed by atoms with E-state index in [1.807, 2.05) is 24.3 Å². The van der Waals surface area contributed by atoms with Crippen molar-refractivity contribution in [2.45, 2.75) is 0 Å². The molecular weight excluding hydrogens is 307 g/mol. The van der Waals surface area contributed by atoms with E-state index in [9.17, 15) is 5.26 Å². The second-order valence-electron chi connectivity index (χ2n) is 4.17. The summed E-state index contributed by atoms with van der Waals surface area (Å²) in [5, 5.41) is 13.0. The van der Waals surface area contributed by atoms with Gasteiger partial charge in [0.25, 0.3) is 0 Å². The Balaban J connectivity index is 2.25. The quantitative estimate of drug-likeness (QED) is 0.809. The third-order valence-electron chi connectivity index (χ3n) is 2.77. The Hall–Kier alpha value is -2.15. The second kappa shape index (κ2) is 7.03. The van der Waals surface area contributed by atoms with Crippen LogP contribution >= 0.6 is 23.2 Å². The molecule has 21 heavy (non-hydrogen) atoms. The number of methoxy groups -OCH3 is 1. The molecule has 0 unspecified atom stereocenters. The van der Waals surface area contributed by atoms with Crippen molar-refractivity contribution in [3.63, 3.8) is 0 Å². The van der Waals surface area contributed by atoms with Gasteiger partial charge in [-0.25, -0.2) is 0 Å². The third-order valence-corrected chi connectivity index (χ3v) is 3.59. The molecule has 0 spiro atoms. The first kappa shape index (κ1) is 15.2. The Labute approximate surface area is 133 Å². The predicted molar refractivity (Wildman–Crippen MR) is 86.7 cm³/mol. The topological polar surface area (TPSA) is 45.0 Å². The van der Waals surface area contributed by atoms with Crippen LogP contribution in [0.1, 0.15) is 5.56 Å². The van der Waals surface area contributed by atoms with E-state index in [0.717, 1.165) is 11.3 Å². The third kappa shape index (κ3) is 3.91. The highest BCUT2D eigenvalue weighted by Crippen LogP contribution is 2.30. The minimum Gasteiger partial charge on any atom is -0.497 e. The summed E-state index contributed by atoms with van der Waals surface area (Å²) in [6, 6.07) is 14.7. The first-order valence-electron chi connectivity index (χ1n) is 6.11. The van der Waals surface area contributed by atoms with Crippen LogP contribution in [-0.2, 0) is 0 Å². The molecule has 1 N–H and O–H groups in total. The van der Waals surface area contributed by atoms with Crippen LogP contribution < -0.4 is 10.1 Å². The molecule has 0 saturated carbocycles. The Kier molecular flexibility index (Phi) is 5.10. The van der Waals surface area contributed by atoms with Crippen LogP contribution in [0.2, 0.25) is 10.0 Å². The molecule has 0 aliphatic rings. The fourth-order valence-corrected chi connectivity index (χ4v) is 2.06. The fraction of sp³-hybridized carbons (Fsp3) is 0.0625. The molecule has 5 heteroatoms. The van der Waals surface area contributed by atoms with E-state index < -0.39 is 0 Å². The number of nitrogens with one attached hydrogen (secondary N) is 1. The zero-order valence-electron chi connectivity index (χ0n) is 11.2. The first-order valence-corrected chi connectivity index (χ1v) is 6.86. The van der Waals surface area contributed by atoms with Crippen molar-refractivity contribution >= 4 is 35.0 Å². The van der Waals surface area contributed by atoms with Crippen LogP contribution in [0.5, 0.6) is 5.75 Å². The highest BCUT2D eigenvalue weighted by Gasteiger charge is 2.05. The van der Waals surface area contributed by atoms with Gasteiger partial charge in [0.2, 0.25) is 0 Å². The largest absolute Gasteiger partial charge is 0.497 e. The van der Waals surface area contributed by atoms with E-state index in [2.05, 4.69) is 11.4 Å². The second-order valence-corrected chi connectivity index (χ2v) is 4.95. The number of nitriles is 1. The molecule has 3 nitrogen and oxygen atoms in total. The number of benzene rings is 2. The van der Waals surface area contributed by atoms with Crippen molar-refractivity contribution in [1.29, 1.82) is 5.26 Å². The average Bonchev–Trinajstić information content (AvgIpc) is 2.51. The maximum Gasteiger partial charge on any atom is 0.118 e. The molecule has 0 aliphatic heterocycles. The van der Waals surface area contributed by atoms with Gasteiger partial charge in [-0.1, -0.05) is 41.4 Å². The number of nitrogens with zero attached hydrogens (tertiary/aromatic N) is 1. The lowest BCUT2D eigenvalue weighted by molar-refractivity contribution is 0.415. The summed E-state index contributed by atoms with van der Waals surface area (Å²) in [6.45, 7) is 0. The van der Waals surface area contributed by atoms with E-state index in [1.165, 1.54) is 0 Å². The molecule has 0 fully saturated rings. The van der Waals surface area contributed by atoms with Crippen molar-refractivity contribution in [2.75, 3.05) is 12.4 Å². The van der Waals surface area contributed by atoms with Gasteiger partial charge in [-0.15, -0.1) is 0 Å². The monoisotopic (exact) mass is 318 g/mol. The lowest BCUT2D eigenvalue weighted by Gasteiger charge is -2.08. The SMILES string of the molecule is COc1ccc(/C=C(\C#N)Nc2cccc(Cl)c2Cl)cc1. The van der Waals surface area contributed by atoms with Gasteiger partial charge in [0, 0.05) is 0 Å². The summed E-state index contributed by atoms with van der Waals surface area (Å²) in [7, 11) is 1.61. The van der Waals surface area contributed by atoms with E-state index in [0.29, 0.717) is 21.4 Å². The molecule has 0 heterocycles. The summed E-state index contributed by atoms with van der Waals surface area (Å²) < 4.78 is 5.09. The molecule has 0 bridgehead atoms. The zero-order valence-corrected chi connectivity index (χ0v) is 12.7. The highest BCUT2D eigenvalue weighted by molar-refractivity contribution is 6.43. The number of hydrogen-bond donors (Lipinski definition) is 1. The standard InChI is InChI=1S/C16H12Cl2N2O/c1-21-13-7-5-11(6-8-13)9-12(10-19)20-15-4-2-3-14(17)16(15)18/h2-9,20H,1H3/b12-9+. The summed E-state index contributed by atoms with van der Waals surface area (Å²) in [5.41, 5.74) is 1.83. The summed E-state index contributed by atoms with van der Waals surface area (Å²) in [4.78, 5) is 0. The number of allylic oxidation sites excluding steroid dienone is 1. The molecule has 106 valence electrons. The van der Waals surface area contributed by atoms with Crippen molar-refractivity contribution in [3.05, 3.63) is 63.8 Å². The molecule has 0 radical (unpaired) electrons. The van der Waals surface area contributed by atoms with E-state index in [4.69, 9.17) is 27.9 Å². The number of rotatable bonds is 4. The average molecular weight is 319 g/mol. The van der Waals surface area contributed by atoms with Crippen LogP contribution in [-0.4, -0.2) is 7.11 Å². The van der Waals surface area contributed by atoms with Gasteiger partial charge in [0.05, 0.1) is 22.8 Å². The highest BCUT2D eigenvalue weighted by atomic mass is 35.5. The van der Waals surface area contributed by atoms with Crippen LogP contribution in [0.15, 0.2) is 48.2 Å². The molecule has 0 atom stereocenters. The van der Waals surface area contributed by atoms with Crippen molar-refractivity contribution in [3.8, 4) is 11.8 Å². The van der Waals surface area contributed by atoms with Crippen LogP contribution in [0.4, 0.5) is 5.69 Å². The maximum absolute atomic E-state index is 9.23. The van der Waals surface area contributed by atoms with Gasteiger partial charge in [-0.05, 0) is 35.9 Å². The molecule has 0 saturated heterocycles. The molecule has 0 aromatic heterocycles. The van der Waals surface area contributed by atoms with Gasteiger partial charge in [-0.2, -0.15) is 5.26 Å². The predicted octanol–water partition coefficient (Wildman–Crippen LogP) is 4.98. The Morgan fingerprint density at radius 1 is 1.19 bits per heavy atom. The van der Waals surface area contributed by atoms with E-state index in [-0.39, 0.29) is 0 Å². The maximum atomic E-state index is 9.23. The lowest BCUT2D eigenvalue weighted by atomic mass is 10.2. The zero-order chi connectivity index (χ0) is 15.2. The van der Waals surface area contributed by atoms with Gasteiger partial charge < -0.3 is 10.1 Å². The molecule has 0 aliphatic carbocycles. The summed E-state index contributed by atoms with van der Waals surface area (Å²) >= 11 is 12.0. The molecule has 2 rings (SSSR count). The summed E-state index contributed by atoms with van der Waals surface area (Å²) in [6.07, 6.45) is 1.72. The van der Waals surface area contributed by atoms with Gasteiger partial charge in [0.15, 0.2) is 0 Å². The minimum atomic E-state index is 0.365.